The van der Waals surface area contributed by atoms with Crippen LogP contribution >= 0.6 is 0 Å². The van der Waals surface area contributed by atoms with E-state index in [1.165, 1.54) is 7.11 Å². The highest BCUT2D eigenvalue weighted by Crippen LogP contribution is 2.31. The van der Waals surface area contributed by atoms with Crippen molar-refractivity contribution in [3.8, 4) is 0 Å². The van der Waals surface area contributed by atoms with Gasteiger partial charge < -0.3 is 24.4 Å². The van der Waals surface area contributed by atoms with E-state index in [1.54, 1.807) is 13.8 Å². The molecule has 0 aromatic heterocycles. The highest BCUT2D eigenvalue weighted by Gasteiger charge is 2.46. The Kier molecular flexibility index (Phi) is 4.70. The molecule has 1 heterocycles. The van der Waals surface area contributed by atoms with Crippen LogP contribution in [0.3, 0.4) is 0 Å². The van der Waals surface area contributed by atoms with Crippen LogP contribution in [0, 0.1) is 0 Å². The molecule has 0 aliphatic carbocycles. The fraction of sp³-hybridized carbons (Fsp3) is 1.00. The molecule has 4 atom stereocenters. The van der Waals surface area contributed by atoms with E-state index >= 15 is 0 Å². The maximum Gasteiger partial charge on any atom is 0.164 e. The minimum absolute atomic E-state index is 0.148. The van der Waals surface area contributed by atoms with Crippen molar-refractivity contribution in [3.63, 3.8) is 0 Å². The Morgan fingerprint density at radius 3 is 2.44 bits per heavy atom. The minimum Gasteiger partial charge on any atom is -0.394 e. The van der Waals surface area contributed by atoms with Crippen LogP contribution in [-0.2, 0) is 14.2 Å². The Hall–Kier alpha value is -0.200. The third kappa shape index (κ3) is 2.93. The van der Waals surface area contributed by atoms with Gasteiger partial charge in [0, 0.05) is 7.11 Å². The van der Waals surface area contributed by atoms with E-state index in [0.29, 0.717) is 6.42 Å². The summed E-state index contributed by atoms with van der Waals surface area (Å²) in [7, 11) is 1.52. The molecule has 0 radical (unpaired) electrons. The topological polar surface area (TPSA) is 68.2 Å². The van der Waals surface area contributed by atoms with Crippen molar-refractivity contribution >= 4 is 0 Å². The van der Waals surface area contributed by atoms with Gasteiger partial charge in [0.1, 0.15) is 18.3 Å². The van der Waals surface area contributed by atoms with Crippen molar-refractivity contribution < 1.29 is 24.4 Å². The number of hydrogen-bond donors (Lipinski definition) is 2. The van der Waals surface area contributed by atoms with Gasteiger partial charge in [0.15, 0.2) is 5.79 Å². The zero-order chi connectivity index (χ0) is 12.3. The van der Waals surface area contributed by atoms with E-state index in [-0.39, 0.29) is 6.61 Å². The van der Waals surface area contributed by atoms with E-state index in [9.17, 15) is 10.2 Å². The summed E-state index contributed by atoms with van der Waals surface area (Å²) in [6.45, 7) is 5.28. The average molecular weight is 234 g/mol. The highest BCUT2D eigenvalue weighted by molar-refractivity contribution is 4.89. The molecule has 0 amide bonds. The normalized spacial score (nSPS) is 32.6. The van der Waals surface area contributed by atoms with E-state index < -0.39 is 30.2 Å². The number of aliphatic hydroxyl groups excluding tert-OH is 2. The van der Waals surface area contributed by atoms with Crippen LogP contribution < -0.4 is 0 Å². The lowest BCUT2D eigenvalue weighted by atomic mass is 10.0. The Labute approximate surface area is 96.3 Å². The molecule has 0 aromatic carbocycles. The van der Waals surface area contributed by atoms with Crippen molar-refractivity contribution in [2.45, 2.75) is 57.4 Å². The fourth-order valence-corrected chi connectivity index (χ4v) is 2.03. The molecule has 3 unspecified atom stereocenters. The van der Waals surface area contributed by atoms with Crippen LogP contribution in [0.15, 0.2) is 0 Å². The molecule has 1 rings (SSSR count). The monoisotopic (exact) mass is 234 g/mol. The van der Waals surface area contributed by atoms with E-state index in [0.717, 1.165) is 0 Å². The first-order valence-corrected chi connectivity index (χ1v) is 5.62. The molecule has 1 fully saturated rings. The molecular weight excluding hydrogens is 212 g/mol. The summed E-state index contributed by atoms with van der Waals surface area (Å²) in [5.74, 6) is -0.748. The molecule has 1 aliphatic heterocycles. The molecule has 0 aromatic rings. The quantitative estimate of drug-likeness (QED) is 0.715. The number of rotatable bonds is 5. The SMILES string of the molecule is CC[C@H](O)C(OC)C1OC(C)(C)OC1CO. The Morgan fingerprint density at radius 1 is 1.38 bits per heavy atom. The van der Waals surface area contributed by atoms with Gasteiger partial charge in [-0.2, -0.15) is 0 Å². The number of methoxy groups -OCH3 is 1. The summed E-state index contributed by atoms with van der Waals surface area (Å²) >= 11 is 0. The molecule has 0 saturated carbocycles. The molecule has 0 bridgehead atoms. The van der Waals surface area contributed by atoms with E-state index in [4.69, 9.17) is 14.2 Å². The van der Waals surface area contributed by atoms with Crippen molar-refractivity contribution in [3.05, 3.63) is 0 Å². The van der Waals surface area contributed by atoms with Crippen LogP contribution in [0.1, 0.15) is 27.2 Å². The first-order chi connectivity index (χ1) is 7.45. The van der Waals surface area contributed by atoms with E-state index in [1.807, 2.05) is 6.92 Å². The lowest BCUT2D eigenvalue weighted by Crippen LogP contribution is -2.45. The van der Waals surface area contributed by atoms with Gasteiger partial charge in [0.2, 0.25) is 0 Å². The van der Waals surface area contributed by atoms with Gasteiger partial charge >= 0.3 is 0 Å². The van der Waals surface area contributed by atoms with Crippen LogP contribution in [-0.4, -0.2) is 54.1 Å². The smallest absolute Gasteiger partial charge is 0.164 e. The summed E-state index contributed by atoms with van der Waals surface area (Å²) < 4.78 is 16.4. The van der Waals surface area contributed by atoms with Crippen LogP contribution in [0.2, 0.25) is 0 Å². The maximum absolute atomic E-state index is 9.82. The Balaban J connectivity index is 2.76. The second-order valence-electron chi connectivity index (χ2n) is 4.50. The summed E-state index contributed by atoms with van der Waals surface area (Å²) in [6, 6.07) is 0. The van der Waals surface area contributed by atoms with Crippen LogP contribution in [0.25, 0.3) is 0 Å². The minimum atomic E-state index is -0.748. The molecular formula is C11H22O5. The summed E-state index contributed by atoms with van der Waals surface area (Å²) in [4.78, 5) is 0. The largest absolute Gasteiger partial charge is 0.394 e. The number of hydrogen-bond acceptors (Lipinski definition) is 5. The van der Waals surface area contributed by atoms with E-state index in [2.05, 4.69) is 0 Å². The van der Waals surface area contributed by atoms with Gasteiger partial charge in [-0.1, -0.05) is 6.92 Å². The summed E-state index contributed by atoms with van der Waals surface area (Å²) in [6.07, 6.45) is -1.44. The zero-order valence-corrected chi connectivity index (χ0v) is 10.3. The predicted octanol–water partition coefficient (Wildman–Crippen LogP) is 0.285. The van der Waals surface area contributed by atoms with Gasteiger partial charge in [-0.05, 0) is 20.3 Å². The fourth-order valence-electron chi connectivity index (χ4n) is 2.03. The first-order valence-electron chi connectivity index (χ1n) is 5.62. The molecule has 16 heavy (non-hydrogen) atoms. The summed E-state index contributed by atoms with van der Waals surface area (Å²) in [5.41, 5.74) is 0. The Morgan fingerprint density at radius 2 is 2.00 bits per heavy atom. The number of aliphatic hydroxyl groups is 2. The third-order valence-electron chi connectivity index (χ3n) is 2.79. The van der Waals surface area contributed by atoms with Crippen LogP contribution in [0.4, 0.5) is 0 Å². The van der Waals surface area contributed by atoms with Crippen molar-refractivity contribution in [2.24, 2.45) is 0 Å². The third-order valence-corrected chi connectivity index (χ3v) is 2.79. The predicted molar refractivity (Wildman–Crippen MR) is 58.0 cm³/mol. The Bertz CT molecular complexity index is 218. The standard InChI is InChI=1S/C11H22O5/c1-5-7(13)9(14-4)10-8(6-12)15-11(2,3)16-10/h7-10,12-13H,5-6H2,1-4H3/t7-,8?,9?,10?/m0/s1. The first kappa shape index (κ1) is 13.9. The molecule has 2 N–H and O–H groups in total. The van der Waals surface area contributed by atoms with Gasteiger partial charge in [0.05, 0.1) is 12.7 Å². The molecule has 1 saturated heterocycles. The van der Waals surface area contributed by atoms with Crippen molar-refractivity contribution in [1.82, 2.24) is 0 Å². The van der Waals surface area contributed by atoms with Gasteiger partial charge in [-0.25, -0.2) is 0 Å². The second-order valence-corrected chi connectivity index (χ2v) is 4.50. The lowest BCUT2D eigenvalue weighted by molar-refractivity contribution is -0.167. The van der Waals surface area contributed by atoms with Crippen LogP contribution in [0.5, 0.6) is 0 Å². The lowest BCUT2D eigenvalue weighted by Gasteiger charge is -2.28. The molecule has 5 heteroatoms. The molecule has 1 aliphatic rings. The average Bonchev–Trinajstić information content (AvgIpc) is 2.54. The van der Waals surface area contributed by atoms with Gasteiger partial charge in [-0.15, -0.1) is 0 Å². The zero-order valence-electron chi connectivity index (χ0n) is 10.3. The van der Waals surface area contributed by atoms with Gasteiger partial charge in [0.25, 0.3) is 0 Å². The number of ether oxygens (including phenoxy) is 3. The molecule has 5 nitrogen and oxygen atoms in total. The second kappa shape index (κ2) is 5.42. The van der Waals surface area contributed by atoms with Crippen molar-refractivity contribution in [1.29, 1.82) is 0 Å². The molecule has 96 valence electrons. The molecule has 0 spiro atoms. The highest BCUT2D eigenvalue weighted by atomic mass is 16.8. The van der Waals surface area contributed by atoms with Gasteiger partial charge in [-0.3, -0.25) is 0 Å². The summed E-state index contributed by atoms with van der Waals surface area (Å²) in [5, 5.41) is 19.0. The van der Waals surface area contributed by atoms with Crippen molar-refractivity contribution in [2.75, 3.05) is 13.7 Å². The maximum atomic E-state index is 9.82.